The first kappa shape index (κ1) is 21.8. The smallest absolute Gasteiger partial charge is 0.182 e. The maximum absolute atomic E-state index is 12.0. The number of hydrogen-bond donors (Lipinski definition) is 0. The van der Waals surface area contributed by atoms with Gasteiger partial charge in [0.05, 0.1) is 10.6 Å². The van der Waals surface area contributed by atoms with Crippen molar-refractivity contribution in [2.75, 3.05) is 39.5 Å². The molecule has 0 atom stereocenters. The van der Waals surface area contributed by atoms with Crippen molar-refractivity contribution in [3.8, 4) is 22.6 Å². The van der Waals surface area contributed by atoms with Gasteiger partial charge in [0.15, 0.2) is 21.3 Å². The molecule has 2 aromatic heterocycles. The molecule has 0 aliphatic carbocycles. The van der Waals surface area contributed by atoms with Crippen LogP contribution in [0, 0.1) is 6.07 Å². The molecule has 33 heavy (non-hydrogen) atoms. The SMILES string of the molecule is CN1CCN(Cc2cc[c]c(-c3nc4cccc(-c5cccc(S(C)(=O)=O)c5)n4n3)c2)CC1. The maximum atomic E-state index is 12.0. The van der Waals surface area contributed by atoms with Gasteiger partial charge >= 0.3 is 0 Å². The van der Waals surface area contributed by atoms with Crippen LogP contribution in [0.2, 0.25) is 0 Å². The summed E-state index contributed by atoms with van der Waals surface area (Å²) in [6.07, 6.45) is 1.21. The number of aromatic nitrogens is 3. The first-order valence-electron chi connectivity index (χ1n) is 10.9. The van der Waals surface area contributed by atoms with E-state index in [1.165, 1.54) is 11.8 Å². The monoisotopic (exact) mass is 460 g/mol. The number of pyridine rings is 1. The summed E-state index contributed by atoms with van der Waals surface area (Å²) in [7, 11) is -1.14. The van der Waals surface area contributed by atoms with Gasteiger partial charge in [-0.05, 0) is 49.0 Å². The summed E-state index contributed by atoms with van der Waals surface area (Å²) < 4.78 is 25.8. The predicted octanol–water partition coefficient (Wildman–Crippen LogP) is 3.01. The molecule has 1 radical (unpaired) electrons. The van der Waals surface area contributed by atoms with Crippen LogP contribution in [0.1, 0.15) is 5.56 Å². The standard InChI is InChI=1S/C25H26N5O2S/c1-28-12-14-29(15-13-28)18-19-6-3-8-21(16-19)25-26-24-11-5-10-23(30(24)27-25)20-7-4-9-22(17-20)33(2,31)32/h3-7,9-11,16-17H,12-15,18H2,1-2H3. The fourth-order valence-corrected chi connectivity index (χ4v) is 4.80. The summed E-state index contributed by atoms with van der Waals surface area (Å²) in [6, 6.07) is 22.0. The van der Waals surface area contributed by atoms with Crippen molar-refractivity contribution in [2.45, 2.75) is 11.4 Å². The van der Waals surface area contributed by atoms with Crippen molar-refractivity contribution in [2.24, 2.45) is 0 Å². The molecule has 4 aromatic rings. The number of piperazine rings is 1. The molecule has 0 bridgehead atoms. The molecular weight excluding hydrogens is 434 g/mol. The molecule has 1 aliphatic heterocycles. The van der Waals surface area contributed by atoms with Gasteiger partial charge in [0.1, 0.15) is 0 Å². The van der Waals surface area contributed by atoms with Crippen molar-refractivity contribution in [3.63, 3.8) is 0 Å². The summed E-state index contributed by atoms with van der Waals surface area (Å²) in [5.74, 6) is 0.599. The quantitative estimate of drug-likeness (QED) is 0.456. The number of hydrogen-bond acceptors (Lipinski definition) is 6. The fraction of sp³-hybridized carbons (Fsp3) is 0.280. The van der Waals surface area contributed by atoms with E-state index in [1.54, 1.807) is 22.7 Å². The third kappa shape index (κ3) is 4.68. The average molecular weight is 461 g/mol. The van der Waals surface area contributed by atoms with E-state index in [0.717, 1.165) is 49.5 Å². The van der Waals surface area contributed by atoms with E-state index in [2.05, 4.69) is 35.0 Å². The lowest BCUT2D eigenvalue weighted by Gasteiger charge is -2.32. The Balaban J connectivity index is 1.48. The minimum atomic E-state index is -3.30. The number of benzene rings is 2. The van der Waals surface area contributed by atoms with Crippen LogP contribution in [0.25, 0.3) is 28.3 Å². The van der Waals surface area contributed by atoms with Crippen molar-refractivity contribution < 1.29 is 8.42 Å². The molecule has 169 valence electrons. The topological polar surface area (TPSA) is 70.8 Å². The number of rotatable bonds is 5. The van der Waals surface area contributed by atoms with Crippen molar-refractivity contribution in [1.82, 2.24) is 24.4 Å². The van der Waals surface area contributed by atoms with Crippen molar-refractivity contribution in [3.05, 3.63) is 72.3 Å². The second kappa shape index (κ2) is 8.70. The minimum Gasteiger partial charge on any atom is -0.304 e. The summed E-state index contributed by atoms with van der Waals surface area (Å²) in [4.78, 5) is 9.81. The first-order valence-corrected chi connectivity index (χ1v) is 12.8. The van der Waals surface area contributed by atoms with Gasteiger partial charge in [0.25, 0.3) is 0 Å². The van der Waals surface area contributed by atoms with Gasteiger partial charge in [0.2, 0.25) is 0 Å². The van der Waals surface area contributed by atoms with E-state index < -0.39 is 9.84 Å². The van der Waals surface area contributed by atoms with E-state index in [0.29, 0.717) is 11.5 Å². The van der Waals surface area contributed by atoms with Crippen LogP contribution in [-0.4, -0.2) is 72.3 Å². The Morgan fingerprint density at radius 2 is 1.79 bits per heavy atom. The normalized spacial score (nSPS) is 15.8. The number of sulfone groups is 1. The Morgan fingerprint density at radius 3 is 2.58 bits per heavy atom. The number of nitrogens with zero attached hydrogens (tertiary/aromatic N) is 5. The average Bonchev–Trinajstić information content (AvgIpc) is 3.25. The third-order valence-corrected chi connectivity index (χ3v) is 7.14. The van der Waals surface area contributed by atoms with Crippen LogP contribution in [0.5, 0.6) is 0 Å². The zero-order valence-electron chi connectivity index (χ0n) is 18.8. The molecule has 0 saturated carbocycles. The first-order chi connectivity index (χ1) is 15.9. The van der Waals surface area contributed by atoms with Gasteiger partial charge < -0.3 is 4.90 Å². The van der Waals surface area contributed by atoms with Crippen LogP contribution in [0.4, 0.5) is 0 Å². The highest BCUT2D eigenvalue weighted by molar-refractivity contribution is 7.90. The van der Waals surface area contributed by atoms with Crippen LogP contribution >= 0.6 is 0 Å². The molecule has 0 N–H and O–H groups in total. The van der Waals surface area contributed by atoms with Gasteiger partial charge in [-0.1, -0.05) is 30.3 Å². The summed E-state index contributed by atoms with van der Waals surface area (Å²) in [5, 5.41) is 4.75. The lowest BCUT2D eigenvalue weighted by molar-refractivity contribution is 0.148. The van der Waals surface area contributed by atoms with Crippen LogP contribution < -0.4 is 0 Å². The van der Waals surface area contributed by atoms with E-state index in [9.17, 15) is 8.42 Å². The van der Waals surface area contributed by atoms with E-state index >= 15 is 0 Å². The second-order valence-corrected chi connectivity index (χ2v) is 10.6. The largest absolute Gasteiger partial charge is 0.304 e. The van der Waals surface area contributed by atoms with Gasteiger partial charge in [-0.25, -0.2) is 17.9 Å². The zero-order chi connectivity index (χ0) is 23.0. The highest BCUT2D eigenvalue weighted by Gasteiger charge is 2.16. The van der Waals surface area contributed by atoms with E-state index in [1.807, 2.05) is 30.3 Å². The molecule has 1 fully saturated rings. The third-order valence-electron chi connectivity index (χ3n) is 6.03. The highest BCUT2D eigenvalue weighted by atomic mass is 32.2. The van der Waals surface area contributed by atoms with Crippen LogP contribution in [-0.2, 0) is 16.4 Å². The van der Waals surface area contributed by atoms with Gasteiger partial charge in [-0.3, -0.25) is 4.90 Å². The molecule has 3 heterocycles. The molecule has 0 spiro atoms. The second-order valence-electron chi connectivity index (χ2n) is 8.61. The lowest BCUT2D eigenvalue weighted by atomic mass is 10.1. The summed E-state index contributed by atoms with van der Waals surface area (Å²) in [6.45, 7) is 5.19. The van der Waals surface area contributed by atoms with Crippen molar-refractivity contribution >= 4 is 15.5 Å². The number of likely N-dealkylation sites (N-methyl/N-ethyl adjacent to an activating group) is 1. The Morgan fingerprint density at radius 1 is 1.00 bits per heavy atom. The maximum Gasteiger partial charge on any atom is 0.182 e. The van der Waals surface area contributed by atoms with Gasteiger partial charge in [0, 0.05) is 50.1 Å². The molecule has 7 nitrogen and oxygen atoms in total. The molecule has 2 aromatic carbocycles. The fourth-order valence-electron chi connectivity index (χ4n) is 4.13. The Hall–Kier alpha value is -3.07. The molecule has 5 rings (SSSR count). The zero-order valence-corrected chi connectivity index (χ0v) is 19.6. The minimum absolute atomic E-state index is 0.280. The molecule has 8 heteroatoms. The Kier molecular flexibility index (Phi) is 5.74. The van der Waals surface area contributed by atoms with Gasteiger partial charge in [-0.2, -0.15) is 0 Å². The summed E-state index contributed by atoms with van der Waals surface area (Å²) in [5.41, 5.74) is 4.32. The number of fused-ring (bicyclic) bond motifs is 1. The molecular formula is C25H26N5O2S. The van der Waals surface area contributed by atoms with Crippen molar-refractivity contribution in [1.29, 1.82) is 0 Å². The highest BCUT2D eigenvalue weighted by Crippen LogP contribution is 2.25. The van der Waals surface area contributed by atoms with E-state index in [-0.39, 0.29) is 4.90 Å². The van der Waals surface area contributed by atoms with E-state index in [4.69, 9.17) is 10.1 Å². The van der Waals surface area contributed by atoms with Crippen LogP contribution in [0.3, 0.4) is 0 Å². The lowest BCUT2D eigenvalue weighted by Crippen LogP contribution is -2.43. The Labute approximate surface area is 194 Å². The summed E-state index contributed by atoms with van der Waals surface area (Å²) >= 11 is 0. The molecule has 1 aliphatic rings. The molecule has 1 saturated heterocycles. The molecule has 0 unspecified atom stereocenters. The van der Waals surface area contributed by atoms with Gasteiger partial charge in [-0.15, -0.1) is 5.10 Å². The molecule has 0 amide bonds. The predicted molar refractivity (Wildman–Crippen MR) is 129 cm³/mol. The Bertz CT molecular complexity index is 1410. The van der Waals surface area contributed by atoms with Crippen LogP contribution in [0.15, 0.2) is 65.6 Å².